The van der Waals surface area contributed by atoms with Gasteiger partial charge in [-0.2, -0.15) is 13.2 Å². The van der Waals surface area contributed by atoms with Crippen molar-refractivity contribution in [2.24, 2.45) is 0 Å². The van der Waals surface area contributed by atoms with E-state index in [4.69, 9.17) is 9.47 Å². The summed E-state index contributed by atoms with van der Waals surface area (Å²) in [6.45, 7) is 6.41. The number of anilines is 3. The van der Waals surface area contributed by atoms with Crippen LogP contribution >= 0.6 is 0 Å². The van der Waals surface area contributed by atoms with Crippen molar-refractivity contribution in [3.8, 4) is 11.5 Å². The summed E-state index contributed by atoms with van der Waals surface area (Å²) in [5, 5.41) is 3.12. The van der Waals surface area contributed by atoms with Crippen LogP contribution in [0.25, 0.3) is 0 Å². The molecule has 0 fully saturated rings. The van der Waals surface area contributed by atoms with Crippen molar-refractivity contribution in [2.75, 3.05) is 23.3 Å². The van der Waals surface area contributed by atoms with Crippen LogP contribution in [0, 0.1) is 0 Å². The number of alkyl halides is 3. The Kier molecular flexibility index (Phi) is 11.6. The Morgan fingerprint density at radius 2 is 1.31 bits per heavy atom. The van der Waals surface area contributed by atoms with Gasteiger partial charge in [0.25, 0.3) is 0 Å². The highest BCUT2D eigenvalue weighted by molar-refractivity contribution is 5.97. The molecule has 0 aromatic heterocycles. The number of benzene rings is 4. The molecule has 0 amide bonds. The zero-order chi connectivity index (χ0) is 35.8. The number of carbonyl (C=O) groups excluding carboxylic acids is 1. The van der Waals surface area contributed by atoms with E-state index >= 15 is 0 Å². The molecule has 2 aliphatic rings. The molecule has 0 saturated heterocycles. The highest BCUT2D eigenvalue weighted by Crippen LogP contribution is 2.57. The number of nitrogens with zero attached hydrogens (tertiary/aromatic N) is 1. The fraction of sp³-hybridized carbons (Fsp3) is 0.419. The van der Waals surface area contributed by atoms with Crippen LogP contribution in [0.4, 0.5) is 30.2 Å². The highest BCUT2D eigenvalue weighted by atomic mass is 19.4. The van der Waals surface area contributed by atoms with Gasteiger partial charge in [0.05, 0.1) is 11.1 Å². The first-order chi connectivity index (χ1) is 24.7. The van der Waals surface area contributed by atoms with Crippen LogP contribution in [0.2, 0.25) is 0 Å². The topological polar surface area (TPSA) is 50.8 Å². The van der Waals surface area contributed by atoms with Crippen LogP contribution in [0.3, 0.4) is 0 Å². The predicted octanol–water partition coefficient (Wildman–Crippen LogP) is 12.5. The van der Waals surface area contributed by atoms with Crippen LogP contribution in [0.15, 0.2) is 84.9 Å². The lowest BCUT2D eigenvalue weighted by Gasteiger charge is -2.37. The number of halogens is 3. The zero-order valence-electron chi connectivity index (χ0n) is 29.8. The third kappa shape index (κ3) is 8.05. The number of nitrogens with one attached hydrogen (secondary N) is 1. The average Bonchev–Trinajstić information content (AvgIpc) is 3.42. The van der Waals surface area contributed by atoms with E-state index in [1.807, 2.05) is 30.3 Å². The fourth-order valence-electron chi connectivity index (χ4n) is 7.41. The minimum absolute atomic E-state index is 0.292. The number of ether oxygens (including phenoxy) is 2. The molecule has 2 aliphatic heterocycles. The first-order valence-electron chi connectivity index (χ1n) is 18.7. The van der Waals surface area contributed by atoms with Gasteiger partial charge in [-0.3, -0.25) is 0 Å². The lowest BCUT2D eigenvalue weighted by atomic mass is 9.77. The monoisotopic (exact) mass is 698 g/mol. The summed E-state index contributed by atoms with van der Waals surface area (Å²) in [6, 6.07) is 24.1. The van der Waals surface area contributed by atoms with Gasteiger partial charge < -0.3 is 19.7 Å². The molecule has 2 heterocycles. The van der Waals surface area contributed by atoms with Crippen molar-refractivity contribution in [1.29, 1.82) is 0 Å². The summed E-state index contributed by atoms with van der Waals surface area (Å²) in [7, 11) is 0. The third-order valence-corrected chi connectivity index (χ3v) is 10.1. The van der Waals surface area contributed by atoms with Crippen molar-refractivity contribution in [2.45, 2.75) is 103 Å². The molecule has 1 spiro atoms. The quantitative estimate of drug-likeness (QED) is 0.0879. The van der Waals surface area contributed by atoms with Gasteiger partial charge in [0.1, 0.15) is 11.5 Å². The molecular weight excluding hydrogens is 649 g/mol. The summed E-state index contributed by atoms with van der Waals surface area (Å²) in [5.41, 5.74) is 2.39. The van der Waals surface area contributed by atoms with E-state index in [2.05, 4.69) is 36.2 Å². The van der Waals surface area contributed by atoms with Crippen LogP contribution in [0.5, 0.6) is 11.5 Å². The molecule has 51 heavy (non-hydrogen) atoms. The zero-order valence-corrected chi connectivity index (χ0v) is 29.8. The molecule has 0 bridgehead atoms. The number of carbonyl (C=O) groups is 1. The molecule has 5 nitrogen and oxygen atoms in total. The first-order valence-corrected chi connectivity index (χ1v) is 18.7. The summed E-state index contributed by atoms with van der Waals surface area (Å²) in [5.74, 6) is 0.716. The van der Waals surface area contributed by atoms with Crippen molar-refractivity contribution < 1.29 is 27.4 Å². The predicted molar refractivity (Wildman–Crippen MR) is 198 cm³/mol. The molecule has 8 heteroatoms. The van der Waals surface area contributed by atoms with E-state index in [-0.39, 0.29) is 0 Å². The SMILES string of the molecule is CCCCCCCCN(CCCCCCCC)c1ccc2c(c1)Oc1ccc(Nc3cccc(C(F)(F)F)c3)cc1C21OC(=O)c2ccccc21. The number of hydrogen-bond donors (Lipinski definition) is 1. The number of unbranched alkanes of at least 4 members (excludes halogenated alkanes) is 10. The standard InChI is InChI=1S/C43H49F3N2O3/c1-3-5-7-9-11-15-26-48(27-16-12-10-8-6-4-2)34-23-24-37-40(30-34)50-39-25-22-33(47-32-19-17-18-31(28-32)43(44,45)46)29-38(39)42(37)36-21-14-13-20-35(36)41(49)51-42/h13-14,17-25,28-30,47H,3-12,15-16,26-27H2,1-2H3. The van der Waals surface area contributed by atoms with E-state index in [9.17, 15) is 18.0 Å². The van der Waals surface area contributed by atoms with E-state index in [1.54, 1.807) is 24.3 Å². The maximum absolute atomic E-state index is 13.5. The number of esters is 1. The Labute approximate surface area is 300 Å². The van der Waals surface area contributed by atoms with Crippen LogP contribution in [-0.2, 0) is 16.5 Å². The van der Waals surface area contributed by atoms with Crippen molar-refractivity contribution in [3.05, 3.63) is 113 Å². The molecule has 0 aliphatic carbocycles. The molecule has 6 rings (SSSR count). The summed E-state index contributed by atoms with van der Waals surface area (Å²) >= 11 is 0. The van der Waals surface area contributed by atoms with Crippen molar-refractivity contribution >= 4 is 23.0 Å². The second-order valence-electron chi connectivity index (χ2n) is 13.8. The van der Waals surface area contributed by atoms with E-state index < -0.39 is 23.3 Å². The lowest BCUT2D eigenvalue weighted by Crippen LogP contribution is -2.33. The number of fused-ring (bicyclic) bond motifs is 6. The molecule has 4 aromatic carbocycles. The van der Waals surface area contributed by atoms with Gasteiger partial charge in [-0.1, -0.05) is 102 Å². The average molecular weight is 699 g/mol. The Bertz CT molecular complexity index is 1790. The van der Waals surface area contributed by atoms with Gasteiger partial charge in [0.2, 0.25) is 0 Å². The van der Waals surface area contributed by atoms with Gasteiger partial charge in [0.15, 0.2) is 5.60 Å². The van der Waals surface area contributed by atoms with Crippen LogP contribution < -0.4 is 15.0 Å². The second kappa shape index (κ2) is 16.3. The smallest absolute Gasteiger partial charge is 0.416 e. The molecule has 1 atom stereocenters. The second-order valence-corrected chi connectivity index (χ2v) is 13.8. The van der Waals surface area contributed by atoms with Crippen LogP contribution in [0.1, 0.15) is 124 Å². The van der Waals surface area contributed by atoms with Gasteiger partial charge >= 0.3 is 12.1 Å². The Morgan fingerprint density at radius 3 is 2.02 bits per heavy atom. The molecule has 4 aromatic rings. The Hall–Kier alpha value is -4.46. The van der Waals surface area contributed by atoms with Gasteiger partial charge in [-0.05, 0) is 67.4 Å². The van der Waals surface area contributed by atoms with Crippen molar-refractivity contribution in [1.82, 2.24) is 0 Å². The Balaban J connectivity index is 1.33. The van der Waals surface area contributed by atoms with E-state index in [1.165, 1.54) is 70.3 Å². The van der Waals surface area contributed by atoms with E-state index in [0.717, 1.165) is 43.8 Å². The summed E-state index contributed by atoms with van der Waals surface area (Å²) < 4.78 is 53.4. The molecule has 1 N–H and O–H groups in total. The lowest BCUT2D eigenvalue weighted by molar-refractivity contribution is -0.137. The minimum Gasteiger partial charge on any atom is -0.456 e. The molecule has 0 saturated carbocycles. The number of hydrogen-bond acceptors (Lipinski definition) is 5. The molecule has 270 valence electrons. The van der Waals surface area contributed by atoms with Crippen molar-refractivity contribution in [3.63, 3.8) is 0 Å². The molecule has 0 radical (unpaired) electrons. The normalized spacial score (nSPS) is 15.9. The minimum atomic E-state index is -4.46. The largest absolute Gasteiger partial charge is 0.456 e. The maximum Gasteiger partial charge on any atom is 0.416 e. The molecular formula is C43H49F3N2O3. The molecule has 1 unspecified atom stereocenters. The van der Waals surface area contributed by atoms with E-state index in [0.29, 0.717) is 45.1 Å². The van der Waals surface area contributed by atoms with Gasteiger partial charge in [-0.25, -0.2) is 4.79 Å². The highest BCUT2D eigenvalue weighted by Gasteiger charge is 2.53. The summed E-state index contributed by atoms with van der Waals surface area (Å²) in [6.07, 6.45) is 10.3. The first kappa shape index (κ1) is 36.3. The van der Waals surface area contributed by atoms with Crippen LogP contribution in [-0.4, -0.2) is 19.1 Å². The Morgan fingerprint density at radius 1 is 0.647 bits per heavy atom. The summed E-state index contributed by atoms with van der Waals surface area (Å²) in [4.78, 5) is 15.9. The fourth-order valence-corrected chi connectivity index (χ4v) is 7.41. The van der Waals surface area contributed by atoms with Gasteiger partial charge in [-0.15, -0.1) is 0 Å². The third-order valence-electron chi connectivity index (χ3n) is 10.1. The number of rotatable bonds is 17. The maximum atomic E-state index is 13.5. The van der Waals surface area contributed by atoms with Gasteiger partial charge in [0, 0.05) is 52.9 Å².